The number of nitrogens with zero attached hydrogens (tertiary/aromatic N) is 2. The Morgan fingerprint density at radius 3 is 2.91 bits per heavy atom. The molecule has 0 heterocycles. The lowest BCUT2D eigenvalue weighted by Gasteiger charge is -2.00. The van der Waals surface area contributed by atoms with Crippen LogP contribution in [-0.2, 0) is 0 Å². The summed E-state index contributed by atoms with van der Waals surface area (Å²) in [5.74, 6) is 0. The molecule has 0 radical (unpaired) electrons. The van der Waals surface area contributed by atoms with Crippen LogP contribution in [0.25, 0.3) is 0 Å². The molecule has 1 N–H and O–H groups in total. The van der Waals surface area contributed by atoms with Crippen LogP contribution in [0.2, 0.25) is 13.1 Å². The lowest BCUT2D eigenvalue weighted by molar-refractivity contribution is 1.06. The molecule has 0 unspecified atom stereocenters. The Balaban J connectivity index is 3.43. The van der Waals surface area contributed by atoms with E-state index in [0.717, 1.165) is 6.32 Å². The van der Waals surface area contributed by atoms with Crippen LogP contribution in [0.4, 0.5) is 0 Å². The zero-order valence-corrected chi connectivity index (χ0v) is 7.12. The molecule has 0 rings (SSSR count). The number of allylic oxidation sites excluding steroid dienone is 2. The van der Waals surface area contributed by atoms with Crippen molar-refractivity contribution < 1.29 is 0 Å². The van der Waals surface area contributed by atoms with Gasteiger partial charge >= 0.3 is 0 Å². The Kier molecular flexibility index (Phi) is 6.38. The summed E-state index contributed by atoms with van der Waals surface area (Å²) in [5, 5.41) is 6.41. The summed E-state index contributed by atoms with van der Waals surface area (Å²) in [5.41, 5.74) is 0. The highest BCUT2D eigenvalue weighted by Gasteiger charge is 2.00. The minimum Gasteiger partial charge on any atom is -0.353 e. The molecule has 0 fully saturated rings. The number of aliphatic imine (C=N–C) groups is 1. The predicted molar refractivity (Wildman–Crippen MR) is 52.7 cm³/mol. The molecule has 60 valence electrons. The van der Waals surface area contributed by atoms with Crippen LogP contribution in [-0.4, -0.2) is 26.8 Å². The summed E-state index contributed by atoms with van der Waals surface area (Å²) >= 11 is 0. The van der Waals surface area contributed by atoms with Crippen molar-refractivity contribution in [3.8, 4) is 0 Å². The van der Waals surface area contributed by atoms with E-state index in [9.17, 15) is 0 Å². The molecular weight excluding hydrogens is 137 g/mol. The predicted octanol–water partition coefficient (Wildman–Crippen LogP) is 1.07. The summed E-state index contributed by atoms with van der Waals surface area (Å²) < 4.78 is 0. The molecule has 0 aromatic heterocycles. The SMILES string of the molecule is C=NNB(C)C/C=C\C=N/C. The van der Waals surface area contributed by atoms with Gasteiger partial charge in [0, 0.05) is 20.0 Å². The number of rotatable bonds is 5. The van der Waals surface area contributed by atoms with E-state index in [1.807, 2.05) is 19.0 Å². The first kappa shape index (κ1) is 9.94. The third-order valence-corrected chi connectivity index (χ3v) is 1.17. The minimum absolute atomic E-state index is 0.342. The van der Waals surface area contributed by atoms with Gasteiger partial charge in [-0.25, -0.2) is 5.10 Å². The summed E-state index contributed by atoms with van der Waals surface area (Å²) in [6, 6.07) is 0. The largest absolute Gasteiger partial charge is 0.353 e. The Bertz CT molecular complexity index is 154. The third-order valence-electron chi connectivity index (χ3n) is 1.17. The molecule has 0 saturated heterocycles. The van der Waals surface area contributed by atoms with Gasteiger partial charge in [-0.05, 0) is 12.4 Å². The fraction of sp³-hybridized carbons (Fsp3) is 0.429. The molecule has 3 nitrogen and oxygen atoms in total. The van der Waals surface area contributed by atoms with Crippen molar-refractivity contribution in [1.29, 1.82) is 0 Å². The molecule has 0 aliphatic rings. The fourth-order valence-corrected chi connectivity index (χ4v) is 0.638. The van der Waals surface area contributed by atoms with Crippen LogP contribution >= 0.6 is 0 Å². The third kappa shape index (κ3) is 6.83. The van der Waals surface area contributed by atoms with Crippen LogP contribution in [0.1, 0.15) is 0 Å². The van der Waals surface area contributed by atoms with E-state index in [1.165, 1.54) is 0 Å². The average molecular weight is 151 g/mol. The van der Waals surface area contributed by atoms with E-state index >= 15 is 0 Å². The first-order valence-electron chi connectivity index (χ1n) is 3.59. The van der Waals surface area contributed by atoms with Crippen molar-refractivity contribution >= 4 is 19.8 Å². The maximum atomic E-state index is 3.81. The number of hydrazone groups is 1. The Morgan fingerprint density at radius 2 is 2.36 bits per heavy atom. The summed E-state index contributed by atoms with van der Waals surface area (Å²) in [7, 11) is 1.75. The zero-order chi connectivity index (χ0) is 8.53. The van der Waals surface area contributed by atoms with Crippen LogP contribution < -0.4 is 5.34 Å². The fourth-order valence-electron chi connectivity index (χ4n) is 0.638. The second-order valence-electron chi connectivity index (χ2n) is 2.26. The molecule has 0 spiro atoms. The topological polar surface area (TPSA) is 36.8 Å². The average Bonchev–Trinajstić information content (AvgIpc) is 1.99. The van der Waals surface area contributed by atoms with Gasteiger partial charge in [0.1, 0.15) is 0 Å². The molecule has 0 aromatic carbocycles. The van der Waals surface area contributed by atoms with E-state index < -0.39 is 0 Å². The van der Waals surface area contributed by atoms with Gasteiger partial charge < -0.3 is 5.34 Å². The highest BCUT2D eigenvalue weighted by atomic mass is 15.2. The highest BCUT2D eigenvalue weighted by molar-refractivity contribution is 6.54. The van der Waals surface area contributed by atoms with E-state index in [0.29, 0.717) is 6.85 Å². The Morgan fingerprint density at radius 1 is 1.64 bits per heavy atom. The summed E-state index contributed by atoms with van der Waals surface area (Å²) in [4.78, 5) is 3.81. The molecule has 0 aliphatic heterocycles. The maximum Gasteiger partial charge on any atom is 0.273 e. The van der Waals surface area contributed by atoms with Crippen molar-refractivity contribution in [2.24, 2.45) is 10.1 Å². The smallest absolute Gasteiger partial charge is 0.273 e. The van der Waals surface area contributed by atoms with Crippen LogP contribution in [0.3, 0.4) is 0 Å². The Hall–Kier alpha value is -1.06. The monoisotopic (exact) mass is 151 g/mol. The quantitative estimate of drug-likeness (QED) is 0.356. The van der Waals surface area contributed by atoms with Crippen molar-refractivity contribution in [3.63, 3.8) is 0 Å². The van der Waals surface area contributed by atoms with Crippen molar-refractivity contribution in [1.82, 2.24) is 5.34 Å². The number of hydrogen-bond donors (Lipinski definition) is 1. The van der Waals surface area contributed by atoms with Gasteiger partial charge in [-0.2, -0.15) is 0 Å². The highest BCUT2D eigenvalue weighted by Crippen LogP contribution is 1.88. The van der Waals surface area contributed by atoms with Crippen molar-refractivity contribution in [2.75, 3.05) is 7.05 Å². The molecule has 0 aromatic rings. The second kappa shape index (κ2) is 7.06. The van der Waals surface area contributed by atoms with Crippen LogP contribution in [0.5, 0.6) is 0 Å². The van der Waals surface area contributed by atoms with E-state index in [4.69, 9.17) is 0 Å². The molecule has 0 atom stereocenters. The number of hydrogen-bond acceptors (Lipinski definition) is 3. The van der Waals surface area contributed by atoms with Gasteiger partial charge in [-0.1, -0.05) is 12.9 Å². The lowest BCUT2D eigenvalue weighted by Crippen LogP contribution is -2.23. The van der Waals surface area contributed by atoms with Gasteiger partial charge in [0.15, 0.2) is 0 Å². The van der Waals surface area contributed by atoms with E-state index in [-0.39, 0.29) is 0 Å². The first-order chi connectivity index (χ1) is 5.31. The molecule has 4 heteroatoms. The van der Waals surface area contributed by atoms with Crippen molar-refractivity contribution in [3.05, 3.63) is 12.2 Å². The van der Waals surface area contributed by atoms with E-state index in [2.05, 4.69) is 22.1 Å². The van der Waals surface area contributed by atoms with Gasteiger partial charge in [0.2, 0.25) is 0 Å². The molecule has 0 amide bonds. The van der Waals surface area contributed by atoms with Gasteiger partial charge in [-0.3, -0.25) is 4.99 Å². The van der Waals surface area contributed by atoms with Crippen LogP contribution in [0, 0.1) is 0 Å². The maximum absolute atomic E-state index is 3.81. The minimum atomic E-state index is 0.342. The van der Waals surface area contributed by atoms with Gasteiger partial charge in [0.25, 0.3) is 6.85 Å². The molecule has 0 aliphatic carbocycles. The summed E-state index contributed by atoms with van der Waals surface area (Å²) in [6.07, 6.45) is 6.65. The van der Waals surface area contributed by atoms with Crippen molar-refractivity contribution in [2.45, 2.75) is 13.1 Å². The first-order valence-corrected chi connectivity index (χ1v) is 3.59. The summed E-state index contributed by atoms with van der Waals surface area (Å²) in [6.45, 7) is 5.72. The second-order valence-corrected chi connectivity index (χ2v) is 2.26. The lowest BCUT2D eigenvalue weighted by atomic mass is 9.63. The number of nitrogens with one attached hydrogen (secondary N) is 1. The van der Waals surface area contributed by atoms with Crippen LogP contribution in [0.15, 0.2) is 22.2 Å². The van der Waals surface area contributed by atoms with Gasteiger partial charge in [-0.15, -0.1) is 0 Å². The standard InChI is InChI=1S/C7H14BN3/c1-8(11-10-3)6-4-5-7-9-2/h4-5,7,11H,3,6H2,1-2H3/b5-4-,9-7-. The Labute approximate surface area is 68.4 Å². The molecule has 11 heavy (non-hydrogen) atoms. The molecular formula is C7H14BN3. The van der Waals surface area contributed by atoms with Gasteiger partial charge in [0.05, 0.1) is 0 Å². The normalized spacial score (nSPS) is 10.7. The van der Waals surface area contributed by atoms with E-state index in [1.54, 1.807) is 13.3 Å². The zero-order valence-electron chi connectivity index (χ0n) is 7.12. The molecule has 0 bridgehead atoms. The molecule has 0 saturated carbocycles.